The lowest BCUT2D eigenvalue weighted by Crippen LogP contribution is -2.12. The molecule has 15 heavy (non-hydrogen) atoms. The number of amides is 1. The maximum absolute atomic E-state index is 11.6. The SMILES string of the molecule is CN(C)CC=C1C(=O)Nc2ccccc21. The molecule has 0 fully saturated rings. The summed E-state index contributed by atoms with van der Waals surface area (Å²) in [4.78, 5) is 13.7. The highest BCUT2D eigenvalue weighted by atomic mass is 16.2. The van der Waals surface area contributed by atoms with Crippen LogP contribution in [0.1, 0.15) is 5.56 Å². The molecule has 1 aromatic carbocycles. The summed E-state index contributed by atoms with van der Waals surface area (Å²) in [5.41, 5.74) is 2.69. The van der Waals surface area contributed by atoms with Crippen LogP contribution in [0.25, 0.3) is 5.57 Å². The molecule has 1 aliphatic rings. The van der Waals surface area contributed by atoms with Crippen LogP contribution in [0, 0.1) is 0 Å². The van der Waals surface area contributed by atoms with E-state index >= 15 is 0 Å². The van der Waals surface area contributed by atoms with Gasteiger partial charge in [-0.05, 0) is 20.2 Å². The summed E-state index contributed by atoms with van der Waals surface area (Å²) in [6.07, 6.45) is 1.96. The van der Waals surface area contributed by atoms with Gasteiger partial charge in [0.1, 0.15) is 0 Å². The Kier molecular flexibility index (Phi) is 2.56. The number of rotatable bonds is 2. The van der Waals surface area contributed by atoms with Gasteiger partial charge in [-0.3, -0.25) is 4.79 Å². The first-order valence-corrected chi connectivity index (χ1v) is 4.94. The van der Waals surface area contributed by atoms with E-state index in [1.165, 1.54) is 0 Å². The molecule has 3 heteroatoms. The number of nitrogens with one attached hydrogen (secondary N) is 1. The van der Waals surface area contributed by atoms with Crippen LogP contribution in [0.3, 0.4) is 0 Å². The van der Waals surface area contributed by atoms with E-state index in [2.05, 4.69) is 5.32 Å². The second-order valence-corrected chi connectivity index (χ2v) is 3.88. The molecule has 1 heterocycles. The molecular formula is C12H14N2O. The van der Waals surface area contributed by atoms with Crippen molar-refractivity contribution >= 4 is 17.2 Å². The molecule has 0 unspecified atom stereocenters. The molecule has 1 amide bonds. The Morgan fingerprint density at radius 2 is 2.07 bits per heavy atom. The molecule has 0 aliphatic carbocycles. The molecular weight excluding hydrogens is 188 g/mol. The number of anilines is 1. The van der Waals surface area contributed by atoms with Gasteiger partial charge in [-0.1, -0.05) is 24.3 Å². The van der Waals surface area contributed by atoms with Crippen LogP contribution in [0.5, 0.6) is 0 Å². The standard InChI is InChI=1S/C12H14N2O/c1-14(2)8-7-10-9-5-3-4-6-11(9)13-12(10)15/h3-7H,8H2,1-2H3,(H,13,15). The first kappa shape index (κ1) is 9.93. The van der Waals surface area contributed by atoms with Crippen molar-refractivity contribution in [2.24, 2.45) is 0 Å². The minimum Gasteiger partial charge on any atom is -0.321 e. The third-order valence-electron chi connectivity index (χ3n) is 2.37. The Balaban J connectivity index is 2.33. The fourth-order valence-corrected chi connectivity index (χ4v) is 1.62. The van der Waals surface area contributed by atoms with Crippen LogP contribution in [0.4, 0.5) is 5.69 Å². The fraction of sp³-hybridized carbons (Fsp3) is 0.250. The van der Waals surface area contributed by atoms with Gasteiger partial charge in [-0.15, -0.1) is 0 Å². The first-order valence-electron chi connectivity index (χ1n) is 4.94. The van der Waals surface area contributed by atoms with Crippen molar-refractivity contribution in [1.29, 1.82) is 0 Å². The Morgan fingerprint density at radius 1 is 1.33 bits per heavy atom. The van der Waals surface area contributed by atoms with Gasteiger partial charge < -0.3 is 10.2 Å². The summed E-state index contributed by atoms with van der Waals surface area (Å²) in [5.74, 6) is -0.00181. The first-order chi connectivity index (χ1) is 7.18. The number of hydrogen-bond acceptors (Lipinski definition) is 2. The third kappa shape index (κ3) is 1.92. The van der Waals surface area contributed by atoms with Crippen molar-refractivity contribution < 1.29 is 4.79 Å². The van der Waals surface area contributed by atoms with Crippen LogP contribution < -0.4 is 5.32 Å². The van der Waals surface area contributed by atoms with Gasteiger partial charge in [0.2, 0.25) is 0 Å². The van der Waals surface area contributed by atoms with E-state index in [1.807, 2.05) is 49.3 Å². The van der Waals surface area contributed by atoms with Gasteiger partial charge in [0.05, 0.1) is 0 Å². The zero-order valence-corrected chi connectivity index (χ0v) is 8.95. The van der Waals surface area contributed by atoms with E-state index in [4.69, 9.17) is 0 Å². The van der Waals surface area contributed by atoms with Gasteiger partial charge in [0.25, 0.3) is 5.91 Å². The third-order valence-corrected chi connectivity index (χ3v) is 2.37. The van der Waals surface area contributed by atoms with Crippen molar-refractivity contribution in [1.82, 2.24) is 4.90 Å². The number of para-hydroxylation sites is 1. The van der Waals surface area contributed by atoms with Crippen molar-refractivity contribution in [3.63, 3.8) is 0 Å². The molecule has 78 valence electrons. The molecule has 1 aromatic rings. The maximum atomic E-state index is 11.6. The molecule has 0 aromatic heterocycles. The highest BCUT2D eigenvalue weighted by Gasteiger charge is 2.22. The topological polar surface area (TPSA) is 32.3 Å². The smallest absolute Gasteiger partial charge is 0.256 e. The molecule has 0 bridgehead atoms. The highest BCUT2D eigenvalue weighted by molar-refractivity contribution is 6.31. The normalized spacial score (nSPS) is 17.0. The van der Waals surface area contributed by atoms with Crippen molar-refractivity contribution in [2.75, 3.05) is 26.0 Å². The lowest BCUT2D eigenvalue weighted by molar-refractivity contribution is -0.110. The van der Waals surface area contributed by atoms with Crippen molar-refractivity contribution in [3.8, 4) is 0 Å². The molecule has 0 radical (unpaired) electrons. The monoisotopic (exact) mass is 202 g/mol. The van der Waals surface area contributed by atoms with Crippen LogP contribution in [0.15, 0.2) is 30.3 Å². The lowest BCUT2D eigenvalue weighted by Gasteiger charge is -2.05. The van der Waals surface area contributed by atoms with Gasteiger partial charge in [-0.25, -0.2) is 0 Å². The average molecular weight is 202 g/mol. The summed E-state index contributed by atoms with van der Waals surface area (Å²) in [7, 11) is 3.96. The Hall–Kier alpha value is -1.61. The second kappa shape index (κ2) is 3.87. The molecule has 0 saturated heterocycles. The van der Waals surface area contributed by atoms with E-state index in [0.29, 0.717) is 0 Å². The van der Waals surface area contributed by atoms with Gasteiger partial charge in [-0.2, -0.15) is 0 Å². The summed E-state index contributed by atoms with van der Waals surface area (Å²) in [6.45, 7) is 0.775. The number of hydrogen-bond donors (Lipinski definition) is 1. The number of carbonyl (C=O) groups excluding carboxylic acids is 1. The summed E-state index contributed by atoms with van der Waals surface area (Å²) in [5, 5.41) is 2.85. The van der Waals surface area contributed by atoms with E-state index in [-0.39, 0.29) is 5.91 Å². The number of benzene rings is 1. The molecule has 0 spiro atoms. The molecule has 1 aliphatic heterocycles. The number of fused-ring (bicyclic) bond motifs is 1. The molecule has 3 nitrogen and oxygen atoms in total. The van der Waals surface area contributed by atoms with E-state index in [0.717, 1.165) is 23.4 Å². The number of carbonyl (C=O) groups is 1. The average Bonchev–Trinajstić information content (AvgIpc) is 2.50. The summed E-state index contributed by atoms with van der Waals surface area (Å²) >= 11 is 0. The van der Waals surface area contributed by atoms with Gasteiger partial charge in [0.15, 0.2) is 0 Å². The molecule has 0 atom stereocenters. The predicted octanol–water partition coefficient (Wildman–Crippen LogP) is 1.58. The maximum Gasteiger partial charge on any atom is 0.256 e. The van der Waals surface area contributed by atoms with Crippen LogP contribution >= 0.6 is 0 Å². The van der Waals surface area contributed by atoms with E-state index < -0.39 is 0 Å². The Morgan fingerprint density at radius 3 is 2.80 bits per heavy atom. The summed E-state index contributed by atoms with van der Waals surface area (Å²) in [6, 6.07) is 7.76. The predicted molar refractivity (Wildman–Crippen MR) is 61.6 cm³/mol. The van der Waals surface area contributed by atoms with E-state index in [9.17, 15) is 4.79 Å². The minimum absolute atomic E-state index is 0.00181. The van der Waals surface area contributed by atoms with Gasteiger partial charge in [0, 0.05) is 23.4 Å². The van der Waals surface area contributed by atoms with Crippen LogP contribution in [-0.2, 0) is 4.79 Å². The fourth-order valence-electron chi connectivity index (χ4n) is 1.62. The lowest BCUT2D eigenvalue weighted by atomic mass is 10.1. The molecule has 1 N–H and O–H groups in total. The van der Waals surface area contributed by atoms with E-state index in [1.54, 1.807) is 0 Å². The highest BCUT2D eigenvalue weighted by Crippen LogP contribution is 2.30. The van der Waals surface area contributed by atoms with Crippen molar-refractivity contribution in [2.45, 2.75) is 0 Å². The Labute approximate surface area is 89.4 Å². The molecule has 0 saturated carbocycles. The molecule has 2 rings (SSSR count). The minimum atomic E-state index is -0.00181. The Bertz CT molecular complexity index is 421. The van der Waals surface area contributed by atoms with Crippen LogP contribution in [0.2, 0.25) is 0 Å². The largest absolute Gasteiger partial charge is 0.321 e. The number of likely N-dealkylation sites (N-methyl/N-ethyl adjacent to an activating group) is 1. The van der Waals surface area contributed by atoms with Crippen molar-refractivity contribution in [3.05, 3.63) is 35.9 Å². The zero-order valence-electron chi connectivity index (χ0n) is 8.95. The zero-order chi connectivity index (χ0) is 10.8. The number of nitrogens with zero attached hydrogens (tertiary/aromatic N) is 1. The van der Waals surface area contributed by atoms with Crippen LogP contribution in [-0.4, -0.2) is 31.4 Å². The van der Waals surface area contributed by atoms with Gasteiger partial charge >= 0.3 is 0 Å². The summed E-state index contributed by atoms with van der Waals surface area (Å²) < 4.78 is 0. The quantitative estimate of drug-likeness (QED) is 0.738. The second-order valence-electron chi connectivity index (χ2n) is 3.88.